The number of anilines is 2. The Morgan fingerprint density at radius 2 is 1.85 bits per heavy atom. The summed E-state index contributed by atoms with van der Waals surface area (Å²) in [4.78, 5) is 12.9. The lowest BCUT2D eigenvalue weighted by molar-refractivity contribution is 0.741. The van der Waals surface area contributed by atoms with Gasteiger partial charge in [0.15, 0.2) is 5.82 Å². The van der Waals surface area contributed by atoms with Crippen LogP contribution < -0.4 is 10.6 Å². The second-order valence-corrected chi connectivity index (χ2v) is 4.62. The molecule has 7 nitrogen and oxygen atoms in total. The van der Waals surface area contributed by atoms with Gasteiger partial charge in [0.25, 0.3) is 0 Å². The molecule has 2 aromatic heterocycles. The fourth-order valence-electron chi connectivity index (χ4n) is 1.80. The molecular weight excluding hydrogens is 254 g/mol. The molecule has 0 bridgehead atoms. The predicted molar refractivity (Wildman–Crippen MR) is 78.7 cm³/mol. The van der Waals surface area contributed by atoms with Crippen molar-refractivity contribution >= 4 is 11.6 Å². The number of aromatic nitrogens is 5. The summed E-state index contributed by atoms with van der Waals surface area (Å²) in [6.07, 6.45) is 3.54. The van der Waals surface area contributed by atoms with E-state index in [2.05, 4.69) is 37.6 Å². The summed E-state index contributed by atoms with van der Waals surface area (Å²) in [5, 5.41) is 10.8. The molecule has 0 atom stereocenters. The van der Waals surface area contributed by atoms with Crippen LogP contribution in [-0.4, -0.2) is 37.8 Å². The number of nitrogens with one attached hydrogen (secondary N) is 2. The van der Waals surface area contributed by atoms with Gasteiger partial charge in [-0.1, -0.05) is 6.92 Å². The molecule has 0 aliphatic rings. The minimum absolute atomic E-state index is 0.744. The zero-order valence-electron chi connectivity index (χ0n) is 12.2. The summed E-state index contributed by atoms with van der Waals surface area (Å²) in [6.45, 7) is 5.67. The Labute approximate surface area is 118 Å². The first-order chi connectivity index (χ1) is 9.67. The van der Waals surface area contributed by atoms with Crippen molar-refractivity contribution in [3.8, 4) is 0 Å². The van der Waals surface area contributed by atoms with Gasteiger partial charge in [0.05, 0.1) is 0 Å². The van der Waals surface area contributed by atoms with Crippen molar-refractivity contribution in [1.82, 2.24) is 24.7 Å². The average molecular weight is 275 g/mol. The van der Waals surface area contributed by atoms with Gasteiger partial charge in [0.1, 0.15) is 23.8 Å². The van der Waals surface area contributed by atoms with Crippen molar-refractivity contribution < 1.29 is 0 Å². The van der Waals surface area contributed by atoms with E-state index in [1.54, 1.807) is 11.0 Å². The van der Waals surface area contributed by atoms with E-state index in [0.29, 0.717) is 0 Å². The topological polar surface area (TPSA) is 80.5 Å². The Morgan fingerprint density at radius 1 is 1.15 bits per heavy atom. The summed E-state index contributed by atoms with van der Waals surface area (Å²) in [6, 6.07) is 1.93. The van der Waals surface area contributed by atoms with Crippen molar-refractivity contribution in [3.05, 3.63) is 24.0 Å². The van der Waals surface area contributed by atoms with Crippen LogP contribution in [-0.2, 0) is 13.5 Å². The third-order valence-corrected chi connectivity index (χ3v) is 2.70. The Bertz CT molecular complexity index is 549. The normalized spacial score (nSPS) is 10.6. The van der Waals surface area contributed by atoms with Crippen LogP contribution in [0.1, 0.15) is 25.0 Å². The lowest BCUT2D eigenvalue weighted by Gasteiger charge is -2.09. The van der Waals surface area contributed by atoms with E-state index in [1.807, 2.05) is 20.0 Å². The van der Waals surface area contributed by atoms with Gasteiger partial charge in [-0.25, -0.2) is 15.0 Å². The van der Waals surface area contributed by atoms with Gasteiger partial charge in [-0.05, 0) is 13.3 Å². The number of nitrogens with zero attached hydrogens (tertiary/aromatic N) is 5. The number of hydrogen-bond acceptors (Lipinski definition) is 6. The van der Waals surface area contributed by atoms with E-state index in [1.165, 1.54) is 0 Å². The highest BCUT2D eigenvalue weighted by Gasteiger charge is 2.02. The number of aryl methyl sites for hydroxylation is 2. The fourth-order valence-corrected chi connectivity index (χ4v) is 1.80. The minimum Gasteiger partial charge on any atom is -0.370 e. The second-order valence-electron chi connectivity index (χ2n) is 4.62. The third kappa shape index (κ3) is 4.18. The molecule has 2 N–H and O–H groups in total. The first kappa shape index (κ1) is 14.2. The van der Waals surface area contributed by atoms with Gasteiger partial charge < -0.3 is 10.6 Å². The molecule has 7 heteroatoms. The third-order valence-electron chi connectivity index (χ3n) is 2.70. The van der Waals surface area contributed by atoms with Crippen LogP contribution in [0.15, 0.2) is 12.4 Å². The predicted octanol–water partition coefficient (Wildman–Crippen LogP) is 1.39. The first-order valence-corrected chi connectivity index (χ1v) is 6.85. The minimum atomic E-state index is 0.744. The molecule has 0 aromatic carbocycles. The highest BCUT2D eigenvalue weighted by molar-refractivity contribution is 5.47. The van der Waals surface area contributed by atoms with E-state index < -0.39 is 0 Å². The maximum Gasteiger partial charge on any atom is 0.152 e. The molecular formula is C13H21N7. The molecule has 0 saturated carbocycles. The van der Waals surface area contributed by atoms with Crippen molar-refractivity contribution in [1.29, 1.82) is 0 Å². The highest BCUT2D eigenvalue weighted by Crippen LogP contribution is 2.11. The highest BCUT2D eigenvalue weighted by atomic mass is 15.3. The van der Waals surface area contributed by atoms with Crippen LogP contribution in [0.4, 0.5) is 11.6 Å². The maximum atomic E-state index is 4.37. The summed E-state index contributed by atoms with van der Waals surface area (Å²) in [5.41, 5.74) is 0. The van der Waals surface area contributed by atoms with E-state index in [4.69, 9.17) is 0 Å². The van der Waals surface area contributed by atoms with Crippen LogP contribution in [0.25, 0.3) is 0 Å². The Kier molecular flexibility index (Phi) is 4.86. The monoisotopic (exact) mass is 275 g/mol. The lowest BCUT2D eigenvalue weighted by Crippen LogP contribution is -2.10. The van der Waals surface area contributed by atoms with E-state index in [-0.39, 0.29) is 0 Å². The summed E-state index contributed by atoms with van der Waals surface area (Å²) in [7, 11) is 1.86. The Morgan fingerprint density at radius 3 is 2.45 bits per heavy atom. The van der Waals surface area contributed by atoms with Crippen molar-refractivity contribution in [2.75, 3.05) is 23.7 Å². The molecule has 0 aliphatic carbocycles. The maximum absolute atomic E-state index is 4.37. The Balaban J connectivity index is 1.89. The SMILES string of the molecule is CCCNc1cc(NCCc2ncn(C)n2)nc(C)n1. The van der Waals surface area contributed by atoms with Gasteiger partial charge in [-0.2, -0.15) is 5.10 Å². The van der Waals surface area contributed by atoms with Crippen LogP contribution in [0.2, 0.25) is 0 Å². The van der Waals surface area contributed by atoms with Crippen LogP contribution >= 0.6 is 0 Å². The molecule has 0 fully saturated rings. The molecule has 0 spiro atoms. The zero-order chi connectivity index (χ0) is 14.4. The molecule has 0 radical (unpaired) electrons. The van der Waals surface area contributed by atoms with Crippen LogP contribution in [0.3, 0.4) is 0 Å². The number of hydrogen-bond donors (Lipinski definition) is 2. The summed E-state index contributed by atoms with van der Waals surface area (Å²) in [5.74, 6) is 3.27. The molecule has 0 unspecified atom stereocenters. The van der Waals surface area contributed by atoms with E-state index in [0.717, 1.165) is 49.2 Å². The van der Waals surface area contributed by atoms with Gasteiger partial charge in [-0.3, -0.25) is 4.68 Å². The van der Waals surface area contributed by atoms with Gasteiger partial charge in [0.2, 0.25) is 0 Å². The van der Waals surface area contributed by atoms with Gasteiger partial charge in [-0.15, -0.1) is 0 Å². The first-order valence-electron chi connectivity index (χ1n) is 6.85. The quantitative estimate of drug-likeness (QED) is 0.795. The molecule has 108 valence electrons. The molecule has 20 heavy (non-hydrogen) atoms. The van der Waals surface area contributed by atoms with Crippen LogP contribution in [0, 0.1) is 6.92 Å². The fraction of sp³-hybridized carbons (Fsp3) is 0.538. The summed E-state index contributed by atoms with van der Waals surface area (Å²) >= 11 is 0. The second kappa shape index (κ2) is 6.83. The van der Waals surface area contributed by atoms with E-state index in [9.17, 15) is 0 Å². The van der Waals surface area contributed by atoms with Gasteiger partial charge in [0, 0.05) is 32.6 Å². The average Bonchev–Trinajstić information content (AvgIpc) is 2.81. The van der Waals surface area contributed by atoms with Gasteiger partial charge >= 0.3 is 0 Å². The molecule has 0 saturated heterocycles. The molecule has 0 aliphatic heterocycles. The molecule has 2 heterocycles. The lowest BCUT2D eigenvalue weighted by atomic mass is 10.4. The largest absolute Gasteiger partial charge is 0.370 e. The van der Waals surface area contributed by atoms with Crippen molar-refractivity contribution in [2.24, 2.45) is 7.05 Å². The standard InChI is InChI=1S/C13H21N7/c1-4-6-14-12-8-13(18-10(2)17-12)15-7-5-11-16-9-20(3)19-11/h8-9H,4-7H2,1-3H3,(H2,14,15,17,18). The molecule has 2 rings (SSSR count). The number of rotatable bonds is 7. The smallest absolute Gasteiger partial charge is 0.152 e. The van der Waals surface area contributed by atoms with E-state index >= 15 is 0 Å². The zero-order valence-corrected chi connectivity index (χ0v) is 12.2. The molecule has 0 amide bonds. The van der Waals surface area contributed by atoms with Crippen molar-refractivity contribution in [2.45, 2.75) is 26.7 Å². The Hall–Kier alpha value is -2.18. The summed E-state index contributed by atoms with van der Waals surface area (Å²) < 4.78 is 1.71. The molecule has 2 aromatic rings. The van der Waals surface area contributed by atoms with Crippen molar-refractivity contribution in [3.63, 3.8) is 0 Å². The van der Waals surface area contributed by atoms with Crippen LogP contribution in [0.5, 0.6) is 0 Å².